The zero-order valence-electron chi connectivity index (χ0n) is 19.6. The molecule has 0 aromatic carbocycles. The van der Waals surface area contributed by atoms with Crippen LogP contribution in [0.25, 0.3) is 22.3 Å². The van der Waals surface area contributed by atoms with Crippen LogP contribution in [0.3, 0.4) is 0 Å². The van der Waals surface area contributed by atoms with Crippen LogP contribution in [0, 0.1) is 0 Å². The summed E-state index contributed by atoms with van der Waals surface area (Å²) in [6.07, 6.45) is 6.93. The van der Waals surface area contributed by atoms with Crippen molar-refractivity contribution in [1.82, 2.24) is 29.4 Å². The normalized spacial score (nSPS) is 14.6. The van der Waals surface area contributed by atoms with Crippen molar-refractivity contribution in [2.75, 3.05) is 36.4 Å². The van der Waals surface area contributed by atoms with Crippen molar-refractivity contribution in [3.05, 3.63) is 60.8 Å². The van der Waals surface area contributed by atoms with Gasteiger partial charge in [-0.05, 0) is 38.1 Å². The fourth-order valence-corrected chi connectivity index (χ4v) is 4.22. The van der Waals surface area contributed by atoms with Gasteiger partial charge >= 0.3 is 0 Å². The van der Waals surface area contributed by atoms with Gasteiger partial charge in [0.05, 0.1) is 29.4 Å². The Hall–Kier alpha value is -3.85. The predicted molar refractivity (Wildman–Crippen MR) is 133 cm³/mol. The number of carbonyl (C=O) groups is 1. The van der Waals surface area contributed by atoms with Crippen LogP contribution in [0.4, 0.5) is 11.6 Å². The number of hydrogen-bond donors (Lipinski definition) is 1. The van der Waals surface area contributed by atoms with Crippen molar-refractivity contribution >= 4 is 28.4 Å². The molecule has 4 aromatic rings. The number of pyridine rings is 3. The van der Waals surface area contributed by atoms with Gasteiger partial charge in [0.25, 0.3) is 5.91 Å². The number of imidazole rings is 1. The number of rotatable bonds is 5. The van der Waals surface area contributed by atoms with Gasteiger partial charge in [-0.15, -0.1) is 0 Å². The van der Waals surface area contributed by atoms with E-state index in [1.165, 1.54) is 0 Å². The van der Waals surface area contributed by atoms with Crippen LogP contribution in [0.2, 0.25) is 0 Å². The number of piperazine rings is 1. The molecule has 0 spiro atoms. The van der Waals surface area contributed by atoms with Gasteiger partial charge in [-0.25, -0.2) is 19.9 Å². The van der Waals surface area contributed by atoms with E-state index in [2.05, 4.69) is 43.9 Å². The van der Waals surface area contributed by atoms with Crippen LogP contribution in [0.5, 0.6) is 0 Å². The lowest BCUT2D eigenvalue weighted by atomic mass is 10.2. The minimum atomic E-state index is -0.223. The summed E-state index contributed by atoms with van der Waals surface area (Å²) < 4.78 is 1.92. The van der Waals surface area contributed by atoms with Crippen molar-refractivity contribution in [3.8, 4) is 11.4 Å². The van der Waals surface area contributed by atoms with Gasteiger partial charge in [0.15, 0.2) is 0 Å². The summed E-state index contributed by atoms with van der Waals surface area (Å²) in [6.45, 7) is 8.21. The number of nitrogens with zero attached hydrogens (tertiary/aromatic N) is 7. The maximum Gasteiger partial charge on any atom is 0.257 e. The second-order valence-corrected chi connectivity index (χ2v) is 8.82. The van der Waals surface area contributed by atoms with Gasteiger partial charge in [0, 0.05) is 68.7 Å². The van der Waals surface area contributed by atoms with Crippen molar-refractivity contribution in [1.29, 1.82) is 0 Å². The maximum absolute atomic E-state index is 13.0. The van der Waals surface area contributed by atoms with Crippen LogP contribution < -0.4 is 10.2 Å². The first-order chi connectivity index (χ1) is 16.5. The Bertz CT molecular complexity index is 1320. The highest BCUT2D eigenvalue weighted by atomic mass is 16.1. The van der Waals surface area contributed by atoms with Crippen LogP contribution in [0.1, 0.15) is 24.2 Å². The summed E-state index contributed by atoms with van der Waals surface area (Å²) in [5.74, 6) is 1.06. The third kappa shape index (κ3) is 4.47. The molecule has 1 saturated heterocycles. The SMILES string of the molecule is CC(C)N1CCN(c2cc(C(=O)Nc3cc4nc(-c5cncn5C)ccc4cn3)ccn2)CC1. The van der Waals surface area contributed by atoms with E-state index in [0.29, 0.717) is 17.4 Å². The molecule has 5 heterocycles. The Morgan fingerprint density at radius 1 is 1.03 bits per heavy atom. The second kappa shape index (κ2) is 9.18. The lowest BCUT2D eigenvalue weighted by Gasteiger charge is -2.37. The minimum Gasteiger partial charge on any atom is -0.354 e. The number of fused-ring (bicyclic) bond motifs is 1. The number of hydrogen-bond acceptors (Lipinski definition) is 7. The van der Waals surface area contributed by atoms with Gasteiger partial charge in [0.1, 0.15) is 11.6 Å². The molecule has 0 saturated carbocycles. The Balaban J connectivity index is 1.32. The lowest BCUT2D eigenvalue weighted by molar-refractivity contribution is 0.102. The highest BCUT2D eigenvalue weighted by Crippen LogP contribution is 2.22. The first-order valence-electron chi connectivity index (χ1n) is 11.5. The summed E-state index contributed by atoms with van der Waals surface area (Å²) in [5, 5.41) is 3.80. The number of carbonyl (C=O) groups excluding carboxylic acids is 1. The van der Waals surface area contributed by atoms with Crippen molar-refractivity contribution in [2.24, 2.45) is 7.05 Å². The summed E-state index contributed by atoms with van der Waals surface area (Å²) in [4.78, 5) is 35.5. The van der Waals surface area contributed by atoms with Crippen molar-refractivity contribution in [3.63, 3.8) is 0 Å². The Morgan fingerprint density at radius 3 is 2.59 bits per heavy atom. The molecule has 1 aliphatic heterocycles. The molecule has 4 aromatic heterocycles. The maximum atomic E-state index is 13.0. The molecular weight excluding hydrogens is 428 g/mol. The second-order valence-electron chi connectivity index (χ2n) is 8.82. The van der Waals surface area contributed by atoms with E-state index in [4.69, 9.17) is 4.98 Å². The Kier molecular flexibility index (Phi) is 5.93. The summed E-state index contributed by atoms with van der Waals surface area (Å²) in [5.41, 5.74) is 3.03. The van der Waals surface area contributed by atoms with Gasteiger partial charge in [-0.1, -0.05) is 0 Å². The predicted octanol–water partition coefficient (Wildman–Crippen LogP) is 3.21. The lowest BCUT2D eigenvalue weighted by Crippen LogP contribution is -2.49. The van der Waals surface area contributed by atoms with E-state index < -0.39 is 0 Å². The van der Waals surface area contributed by atoms with E-state index in [-0.39, 0.29) is 5.91 Å². The molecule has 9 heteroatoms. The van der Waals surface area contributed by atoms with Crippen LogP contribution in [-0.4, -0.2) is 67.5 Å². The van der Waals surface area contributed by atoms with E-state index in [0.717, 1.165) is 54.3 Å². The molecule has 34 heavy (non-hydrogen) atoms. The fourth-order valence-electron chi connectivity index (χ4n) is 4.22. The first-order valence-corrected chi connectivity index (χ1v) is 11.5. The minimum absolute atomic E-state index is 0.223. The zero-order chi connectivity index (χ0) is 23.7. The third-order valence-corrected chi connectivity index (χ3v) is 6.27. The molecule has 9 nitrogen and oxygen atoms in total. The van der Waals surface area contributed by atoms with Gasteiger partial charge in [0.2, 0.25) is 0 Å². The molecule has 1 N–H and O–H groups in total. The number of aryl methyl sites for hydroxylation is 1. The smallest absolute Gasteiger partial charge is 0.257 e. The molecule has 174 valence electrons. The molecule has 1 amide bonds. The molecule has 1 aliphatic rings. The fraction of sp³-hybridized carbons (Fsp3) is 0.320. The van der Waals surface area contributed by atoms with Crippen LogP contribution in [0.15, 0.2) is 55.2 Å². The van der Waals surface area contributed by atoms with Crippen LogP contribution in [-0.2, 0) is 7.05 Å². The van der Waals surface area contributed by atoms with Gasteiger partial charge < -0.3 is 14.8 Å². The molecule has 0 aliphatic carbocycles. The molecular formula is C25H28N8O. The number of nitrogens with one attached hydrogen (secondary N) is 1. The van der Waals surface area contributed by atoms with Crippen molar-refractivity contribution < 1.29 is 4.79 Å². The Morgan fingerprint density at radius 2 is 1.85 bits per heavy atom. The van der Waals surface area contributed by atoms with Gasteiger partial charge in [-0.2, -0.15) is 0 Å². The summed E-state index contributed by atoms with van der Waals surface area (Å²) in [7, 11) is 1.93. The monoisotopic (exact) mass is 456 g/mol. The topological polar surface area (TPSA) is 92.1 Å². The molecule has 0 radical (unpaired) electrons. The molecule has 5 rings (SSSR count). The molecule has 1 fully saturated rings. The van der Waals surface area contributed by atoms with E-state index in [9.17, 15) is 4.79 Å². The quantitative estimate of drug-likeness (QED) is 0.493. The molecule has 0 bridgehead atoms. The summed E-state index contributed by atoms with van der Waals surface area (Å²) in [6, 6.07) is 9.82. The average molecular weight is 457 g/mol. The largest absolute Gasteiger partial charge is 0.354 e. The number of amides is 1. The van der Waals surface area contributed by atoms with Crippen LogP contribution >= 0.6 is 0 Å². The highest BCUT2D eigenvalue weighted by Gasteiger charge is 2.20. The third-order valence-electron chi connectivity index (χ3n) is 6.27. The summed E-state index contributed by atoms with van der Waals surface area (Å²) >= 11 is 0. The highest BCUT2D eigenvalue weighted by molar-refractivity contribution is 6.04. The van der Waals surface area contributed by atoms with Gasteiger partial charge in [-0.3, -0.25) is 9.69 Å². The van der Waals surface area contributed by atoms with E-state index >= 15 is 0 Å². The Labute approximate surface area is 198 Å². The number of aromatic nitrogens is 5. The van der Waals surface area contributed by atoms with Crippen molar-refractivity contribution in [2.45, 2.75) is 19.9 Å². The molecule has 0 atom stereocenters. The van der Waals surface area contributed by atoms with E-state index in [1.54, 1.807) is 37.1 Å². The standard InChI is InChI=1S/C25H28N8O/c1-17(2)32-8-10-33(11-9-32)24-12-18(6-7-27-24)25(34)30-23-13-21-19(14-28-23)4-5-20(29-21)22-15-26-16-31(22)3/h4-7,12-17H,8-11H2,1-3H3,(H,28,30,34). The first kappa shape index (κ1) is 22.0. The van der Waals surface area contributed by atoms with E-state index in [1.807, 2.05) is 29.8 Å². The molecule has 0 unspecified atom stereocenters. The number of anilines is 2. The zero-order valence-corrected chi connectivity index (χ0v) is 19.6. The average Bonchev–Trinajstić information content (AvgIpc) is 3.29.